The molecule has 12 heavy (non-hydrogen) atoms. The highest BCUT2D eigenvalue weighted by Crippen LogP contribution is 2.22. The van der Waals surface area contributed by atoms with Crippen molar-refractivity contribution in [3.05, 3.63) is 11.1 Å². The van der Waals surface area contributed by atoms with Crippen molar-refractivity contribution < 1.29 is 9.90 Å². The van der Waals surface area contributed by atoms with Crippen LogP contribution < -0.4 is 0 Å². The highest BCUT2D eigenvalue weighted by molar-refractivity contribution is 7.05. The quantitative estimate of drug-likeness (QED) is 0.770. The Morgan fingerprint density at radius 1 is 1.75 bits per heavy atom. The second-order valence-electron chi connectivity index (χ2n) is 3.25. The molecule has 0 saturated carbocycles. The minimum Gasteiger partial charge on any atom is -0.481 e. The molecular weight excluding hydrogens is 176 g/mol. The molecule has 0 aliphatic carbocycles. The van der Waals surface area contributed by atoms with E-state index in [2.05, 4.69) is 9.59 Å². The number of nitrogens with zero attached hydrogens (tertiary/aromatic N) is 2. The molecule has 1 heterocycles. The van der Waals surface area contributed by atoms with Crippen molar-refractivity contribution in [2.24, 2.45) is 5.41 Å². The summed E-state index contributed by atoms with van der Waals surface area (Å²) in [5, 5.41) is 12.4. The number of aromatic nitrogens is 2. The van der Waals surface area contributed by atoms with Crippen LogP contribution in [0.2, 0.25) is 0 Å². The van der Waals surface area contributed by atoms with Gasteiger partial charge in [0.05, 0.1) is 11.6 Å². The first-order chi connectivity index (χ1) is 5.52. The van der Waals surface area contributed by atoms with Gasteiger partial charge in [0.25, 0.3) is 0 Å². The molecule has 1 aromatic rings. The summed E-state index contributed by atoms with van der Waals surface area (Å²) in [4.78, 5) is 11.6. The minimum absolute atomic E-state index is 0.486. The van der Waals surface area contributed by atoms with E-state index in [-0.39, 0.29) is 0 Å². The van der Waals surface area contributed by atoms with Crippen molar-refractivity contribution in [1.82, 2.24) is 9.59 Å². The molecule has 0 saturated heterocycles. The summed E-state index contributed by atoms with van der Waals surface area (Å²) >= 11 is 1.24. The summed E-state index contributed by atoms with van der Waals surface area (Å²) < 4.78 is 3.66. The number of hydrogen-bond acceptors (Lipinski definition) is 4. The topological polar surface area (TPSA) is 63.1 Å². The van der Waals surface area contributed by atoms with Gasteiger partial charge in [-0.05, 0) is 25.4 Å². The molecule has 5 heteroatoms. The second-order valence-corrected chi connectivity index (χ2v) is 4.12. The highest BCUT2D eigenvalue weighted by atomic mass is 32.1. The van der Waals surface area contributed by atoms with Crippen LogP contribution >= 0.6 is 11.5 Å². The molecule has 4 nitrogen and oxygen atoms in total. The van der Waals surface area contributed by atoms with Crippen LogP contribution in [0.25, 0.3) is 0 Å². The molecule has 0 radical (unpaired) electrons. The van der Waals surface area contributed by atoms with Crippen molar-refractivity contribution in [2.45, 2.75) is 20.3 Å². The smallest absolute Gasteiger partial charge is 0.309 e. The van der Waals surface area contributed by atoms with E-state index >= 15 is 0 Å². The van der Waals surface area contributed by atoms with Gasteiger partial charge in [0.15, 0.2) is 0 Å². The first kappa shape index (κ1) is 9.12. The molecule has 0 aliphatic rings. The van der Waals surface area contributed by atoms with Gasteiger partial charge in [0.2, 0.25) is 0 Å². The summed E-state index contributed by atoms with van der Waals surface area (Å²) in [6, 6.07) is 0. The Kier molecular flexibility index (Phi) is 2.42. The average molecular weight is 186 g/mol. The molecule has 0 bridgehead atoms. The van der Waals surface area contributed by atoms with Crippen molar-refractivity contribution in [2.75, 3.05) is 0 Å². The fraction of sp³-hybridized carbons (Fsp3) is 0.571. The molecule has 1 N–H and O–H groups in total. The zero-order valence-corrected chi connectivity index (χ0v) is 7.76. The Morgan fingerprint density at radius 3 is 2.83 bits per heavy atom. The lowest BCUT2D eigenvalue weighted by Crippen LogP contribution is -2.25. The SMILES string of the molecule is CC(C)(Cc1cnns1)C(=O)O. The average Bonchev–Trinajstić information content (AvgIpc) is 2.38. The summed E-state index contributed by atoms with van der Waals surface area (Å²) in [7, 11) is 0. The molecule has 0 aromatic carbocycles. The third kappa shape index (κ3) is 2.01. The molecule has 0 spiro atoms. The van der Waals surface area contributed by atoms with E-state index in [0.717, 1.165) is 4.88 Å². The van der Waals surface area contributed by atoms with E-state index in [4.69, 9.17) is 5.11 Å². The van der Waals surface area contributed by atoms with Gasteiger partial charge in [-0.2, -0.15) is 0 Å². The fourth-order valence-corrected chi connectivity index (χ4v) is 1.50. The van der Waals surface area contributed by atoms with Crippen LogP contribution in [-0.4, -0.2) is 20.7 Å². The van der Waals surface area contributed by atoms with Crippen LogP contribution in [0, 0.1) is 5.41 Å². The van der Waals surface area contributed by atoms with Crippen molar-refractivity contribution >= 4 is 17.5 Å². The molecule has 0 aliphatic heterocycles. The highest BCUT2D eigenvalue weighted by Gasteiger charge is 2.27. The molecule has 1 rings (SSSR count). The Balaban J connectivity index is 2.69. The number of aliphatic carboxylic acids is 1. The lowest BCUT2D eigenvalue weighted by Gasteiger charge is -2.16. The first-order valence-electron chi connectivity index (χ1n) is 3.52. The third-order valence-corrected chi connectivity index (χ3v) is 2.26. The number of hydrogen-bond donors (Lipinski definition) is 1. The van der Waals surface area contributed by atoms with Crippen LogP contribution in [0.3, 0.4) is 0 Å². The zero-order chi connectivity index (χ0) is 9.19. The Bertz CT molecular complexity index is 269. The standard InChI is InChI=1S/C7H10N2O2S/c1-7(2,6(10)11)3-5-4-8-9-12-5/h4H,3H2,1-2H3,(H,10,11). The molecular formula is C7H10N2O2S. The van der Waals surface area contributed by atoms with Gasteiger partial charge in [0, 0.05) is 11.3 Å². The predicted octanol–water partition coefficient (Wildman–Crippen LogP) is 1.19. The molecule has 0 fully saturated rings. The Hall–Kier alpha value is -0.970. The number of carbonyl (C=O) groups is 1. The molecule has 0 atom stereocenters. The van der Waals surface area contributed by atoms with Gasteiger partial charge in [-0.15, -0.1) is 5.10 Å². The van der Waals surface area contributed by atoms with Crippen molar-refractivity contribution in [3.63, 3.8) is 0 Å². The lowest BCUT2D eigenvalue weighted by atomic mass is 9.89. The van der Waals surface area contributed by atoms with Crippen molar-refractivity contribution in [1.29, 1.82) is 0 Å². The maximum absolute atomic E-state index is 10.7. The van der Waals surface area contributed by atoms with Crippen molar-refractivity contribution in [3.8, 4) is 0 Å². The maximum atomic E-state index is 10.7. The first-order valence-corrected chi connectivity index (χ1v) is 4.29. The second kappa shape index (κ2) is 3.18. The fourth-order valence-electron chi connectivity index (χ4n) is 0.777. The van der Waals surface area contributed by atoms with Crippen LogP contribution in [0.15, 0.2) is 6.20 Å². The van der Waals surface area contributed by atoms with E-state index in [1.54, 1.807) is 20.0 Å². The summed E-state index contributed by atoms with van der Waals surface area (Å²) in [6.45, 7) is 3.38. The maximum Gasteiger partial charge on any atom is 0.309 e. The number of carboxylic acid groups (broad SMARTS) is 1. The molecule has 0 amide bonds. The van der Waals surface area contributed by atoms with Crippen LogP contribution in [0.5, 0.6) is 0 Å². The summed E-state index contributed by atoms with van der Waals surface area (Å²) in [6.07, 6.45) is 2.09. The zero-order valence-electron chi connectivity index (χ0n) is 6.94. The number of rotatable bonds is 3. The van der Waals surface area contributed by atoms with Crippen LogP contribution in [0.1, 0.15) is 18.7 Å². The van der Waals surface area contributed by atoms with E-state index in [0.29, 0.717) is 6.42 Å². The van der Waals surface area contributed by atoms with Crippen LogP contribution in [0.4, 0.5) is 0 Å². The Morgan fingerprint density at radius 2 is 2.42 bits per heavy atom. The summed E-state index contributed by atoms with van der Waals surface area (Å²) in [5.74, 6) is -0.795. The lowest BCUT2D eigenvalue weighted by molar-refractivity contribution is -0.146. The van der Waals surface area contributed by atoms with E-state index in [9.17, 15) is 4.79 Å². The van der Waals surface area contributed by atoms with Gasteiger partial charge in [-0.1, -0.05) is 4.49 Å². The third-order valence-electron chi connectivity index (χ3n) is 1.60. The van der Waals surface area contributed by atoms with Gasteiger partial charge < -0.3 is 5.11 Å². The van der Waals surface area contributed by atoms with E-state index in [1.165, 1.54) is 11.5 Å². The van der Waals surface area contributed by atoms with Gasteiger partial charge in [-0.3, -0.25) is 4.79 Å². The van der Waals surface area contributed by atoms with Gasteiger partial charge in [-0.25, -0.2) is 0 Å². The van der Waals surface area contributed by atoms with Crippen LogP contribution in [-0.2, 0) is 11.2 Å². The normalized spacial score (nSPS) is 11.5. The van der Waals surface area contributed by atoms with E-state index in [1.807, 2.05) is 0 Å². The molecule has 1 aromatic heterocycles. The monoisotopic (exact) mass is 186 g/mol. The Labute approximate surface area is 74.4 Å². The largest absolute Gasteiger partial charge is 0.481 e. The predicted molar refractivity (Wildman–Crippen MR) is 45.0 cm³/mol. The molecule has 66 valence electrons. The van der Waals surface area contributed by atoms with Gasteiger partial charge >= 0.3 is 5.97 Å². The van der Waals surface area contributed by atoms with Gasteiger partial charge in [0.1, 0.15) is 0 Å². The molecule has 0 unspecified atom stereocenters. The van der Waals surface area contributed by atoms with E-state index < -0.39 is 11.4 Å². The minimum atomic E-state index is -0.795. The number of carboxylic acids is 1. The summed E-state index contributed by atoms with van der Waals surface area (Å²) in [5.41, 5.74) is -0.728.